The third kappa shape index (κ3) is 5.62. The Balaban J connectivity index is 1.60. The molecule has 1 fully saturated rings. The van der Waals surface area contributed by atoms with E-state index in [4.69, 9.17) is 11.6 Å². The molecule has 7 nitrogen and oxygen atoms in total. The van der Waals surface area contributed by atoms with Crippen molar-refractivity contribution in [1.82, 2.24) is 20.1 Å². The number of aliphatic hydroxyl groups excluding tert-OH is 1. The minimum Gasteiger partial charge on any atom is -0.368 e. The van der Waals surface area contributed by atoms with Gasteiger partial charge in [-0.05, 0) is 45.7 Å². The summed E-state index contributed by atoms with van der Waals surface area (Å²) in [6.07, 6.45) is -1.21. The molecule has 3 aromatic rings. The van der Waals surface area contributed by atoms with Crippen molar-refractivity contribution in [2.45, 2.75) is 65.3 Å². The molecule has 0 aliphatic carbocycles. The van der Waals surface area contributed by atoms with Gasteiger partial charge in [0.05, 0.1) is 10.7 Å². The van der Waals surface area contributed by atoms with Gasteiger partial charge in [-0.3, -0.25) is 10.00 Å². The number of aliphatic hydroxyl groups is 2. The predicted octanol–water partition coefficient (Wildman–Crippen LogP) is 5.01. The average Bonchev–Trinajstić information content (AvgIpc) is 3.26. The molecule has 0 radical (unpaired) electrons. The van der Waals surface area contributed by atoms with E-state index in [1.807, 2.05) is 11.8 Å². The number of benzene rings is 1. The number of aromatic nitrogens is 3. The fourth-order valence-corrected chi connectivity index (χ4v) is 5.30. The fraction of sp³-hybridized carbons (Fsp3) is 0.462. The van der Waals surface area contributed by atoms with Gasteiger partial charge in [0.2, 0.25) is 0 Å². The van der Waals surface area contributed by atoms with Crippen LogP contribution in [0.2, 0.25) is 5.02 Å². The minimum absolute atomic E-state index is 0.0429. The second-order valence-electron chi connectivity index (χ2n) is 9.83. The zero-order valence-electron chi connectivity index (χ0n) is 21.0. The lowest BCUT2D eigenvalue weighted by atomic mass is 9.71. The molecule has 2 atom stereocenters. The molecule has 0 saturated carbocycles. The van der Waals surface area contributed by atoms with E-state index in [9.17, 15) is 14.6 Å². The van der Waals surface area contributed by atoms with Crippen molar-refractivity contribution in [1.29, 1.82) is 0 Å². The summed E-state index contributed by atoms with van der Waals surface area (Å²) in [5, 5.41) is 30.5. The second kappa shape index (κ2) is 11.0. The van der Waals surface area contributed by atoms with Crippen molar-refractivity contribution in [3.63, 3.8) is 0 Å². The smallest absolute Gasteiger partial charge is 0.171 e. The van der Waals surface area contributed by atoms with Crippen molar-refractivity contribution in [2.75, 3.05) is 11.9 Å². The third-order valence-electron chi connectivity index (χ3n) is 7.24. The molecule has 1 aliphatic rings. The highest BCUT2D eigenvalue weighted by molar-refractivity contribution is 6.30. The number of piperidine rings is 1. The van der Waals surface area contributed by atoms with E-state index in [1.54, 1.807) is 32.0 Å². The molecule has 0 spiro atoms. The zero-order valence-corrected chi connectivity index (χ0v) is 21.7. The predicted molar refractivity (Wildman–Crippen MR) is 135 cm³/mol. The summed E-state index contributed by atoms with van der Waals surface area (Å²) in [7, 11) is 0. The Labute approximate surface area is 218 Å². The van der Waals surface area contributed by atoms with E-state index < -0.39 is 29.2 Å². The van der Waals surface area contributed by atoms with Gasteiger partial charge < -0.3 is 15.5 Å². The Kier molecular flexibility index (Phi) is 8.13. The number of hydrogen-bond acceptors (Lipinski definition) is 6. The first-order chi connectivity index (χ1) is 17.5. The highest BCUT2D eigenvalue weighted by Gasteiger charge is 2.44. The number of nitrogens with zero attached hydrogens (tertiary/aromatic N) is 3. The van der Waals surface area contributed by atoms with Crippen molar-refractivity contribution in [3.05, 3.63) is 69.3 Å². The molecule has 3 heterocycles. The number of aromatic amines is 1. The zero-order chi connectivity index (χ0) is 26.9. The average molecular weight is 538 g/mol. The summed E-state index contributed by atoms with van der Waals surface area (Å²) in [6, 6.07) is 6.30. The second-order valence-corrected chi connectivity index (χ2v) is 10.2. The monoisotopic (exact) mass is 537 g/mol. The molecular formula is C26H31ClF3N5O2. The third-order valence-corrected chi connectivity index (χ3v) is 7.53. The van der Waals surface area contributed by atoms with Crippen LogP contribution in [0.1, 0.15) is 49.2 Å². The number of H-pyrrole nitrogens is 1. The van der Waals surface area contributed by atoms with Crippen molar-refractivity contribution in [3.8, 4) is 0 Å². The molecule has 0 unspecified atom stereocenters. The summed E-state index contributed by atoms with van der Waals surface area (Å²) in [6.45, 7) is 6.03. The summed E-state index contributed by atoms with van der Waals surface area (Å²) < 4.78 is 44.9. The lowest BCUT2D eigenvalue weighted by molar-refractivity contribution is -0.162. The van der Waals surface area contributed by atoms with Crippen molar-refractivity contribution >= 4 is 23.2 Å². The van der Waals surface area contributed by atoms with Crippen LogP contribution >= 0.6 is 11.6 Å². The first-order valence-electron chi connectivity index (χ1n) is 12.2. The van der Waals surface area contributed by atoms with Crippen LogP contribution in [-0.4, -0.2) is 49.2 Å². The lowest BCUT2D eigenvalue weighted by Gasteiger charge is -2.46. The van der Waals surface area contributed by atoms with E-state index in [2.05, 4.69) is 20.5 Å². The number of anilines is 2. The maximum absolute atomic E-state index is 15.4. The van der Waals surface area contributed by atoms with Gasteiger partial charge >= 0.3 is 0 Å². The van der Waals surface area contributed by atoms with Gasteiger partial charge in [0, 0.05) is 47.3 Å². The largest absolute Gasteiger partial charge is 0.368 e. The van der Waals surface area contributed by atoms with Gasteiger partial charge in [-0.15, -0.1) is 0 Å². The number of aryl methyl sites for hydroxylation is 1. The first kappa shape index (κ1) is 27.4. The van der Waals surface area contributed by atoms with Gasteiger partial charge in [0.1, 0.15) is 5.82 Å². The Morgan fingerprint density at radius 3 is 2.62 bits per heavy atom. The minimum atomic E-state index is -1.76. The van der Waals surface area contributed by atoms with E-state index in [1.165, 1.54) is 6.07 Å². The van der Waals surface area contributed by atoms with Crippen LogP contribution < -0.4 is 5.32 Å². The maximum Gasteiger partial charge on any atom is 0.171 e. The van der Waals surface area contributed by atoms with Gasteiger partial charge in [-0.1, -0.05) is 30.7 Å². The first-order valence-corrected chi connectivity index (χ1v) is 12.6. The molecule has 0 amide bonds. The summed E-state index contributed by atoms with van der Waals surface area (Å²) in [5.41, 5.74) is -0.118. The van der Waals surface area contributed by atoms with E-state index in [0.29, 0.717) is 30.9 Å². The number of rotatable bonds is 8. The van der Waals surface area contributed by atoms with Crippen LogP contribution in [0.25, 0.3) is 0 Å². The van der Waals surface area contributed by atoms with Gasteiger partial charge in [-0.25, -0.2) is 18.2 Å². The maximum atomic E-state index is 15.4. The van der Waals surface area contributed by atoms with Crippen LogP contribution in [0, 0.1) is 29.8 Å². The molecular weight excluding hydrogens is 507 g/mol. The molecule has 4 N–H and O–H groups in total. The molecule has 37 heavy (non-hydrogen) atoms. The SMILES string of the molecule is CCc1c(F)c(C[C@@]2(C(O)O)CCN(Cc3cccc(Cl)c3F)[C@H](C)C2)nc(Nc2cc(C)[nH]n2)c1F. The molecule has 0 bridgehead atoms. The molecule has 4 rings (SSSR count). The Hall–Kier alpha value is -2.66. The number of likely N-dealkylation sites (tertiary alicyclic amines) is 1. The van der Waals surface area contributed by atoms with Gasteiger partial charge in [0.25, 0.3) is 0 Å². The summed E-state index contributed by atoms with van der Waals surface area (Å²) in [5.74, 6) is -1.93. The molecule has 2 aromatic heterocycles. The normalized spacial score (nSPS) is 20.5. The highest BCUT2D eigenvalue weighted by atomic mass is 35.5. The van der Waals surface area contributed by atoms with Crippen LogP contribution in [0.3, 0.4) is 0 Å². The summed E-state index contributed by atoms with van der Waals surface area (Å²) >= 11 is 5.92. The van der Waals surface area contributed by atoms with Gasteiger partial charge in [0.15, 0.2) is 29.6 Å². The molecule has 1 aromatic carbocycles. The van der Waals surface area contributed by atoms with Crippen LogP contribution in [0.4, 0.5) is 24.8 Å². The molecule has 1 aliphatic heterocycles. The topological polar surface area (TPSA) is 97.3 Å². The lowest BCUT2D eigenvalue weighted by Crippen LogP contribution is -2.51. The Morgan fingerprint density at radius 2 is 2.00 bits per heavy atom. The Morgan fingerprint density at radius 1 is 1.24 bits per heavy atom. The van der Waals surface area contributed by atoms with Crippen molar-refractivity contribution < 1.29 is 23.4 Å². The summed E-state index contributed by atoms with van der Waals surface area (Å²) in [4.78, 5) is 6.25. The molecule has 11 heteroatoms. The van der Waals surface area contributed by atoms with E-state index in [-0.39, 0.29) is 47.4 Å². The van der Waals surface area contributed by atoms with Crippen LogP contribution in [0.5, 0.6) is 0 Å². The Bertz CT molecular complexity index is 1270. The quantitative estimate of drug-likeness (QED) is 0.301. The molecule has 1 saturated heterocycles. The standard InChI is InChI=1S/C26H31ClF3N5O2/c1-4-17-22(29)19(31-24(23(17)30)32-20-10-14(2)33-34-20)12-26(25(36)37)8-9-35(15(3)11-26)13-16-6-5-7-18(27)21(16)28/h5-7,10,15,25,36-37H,4,8-9,11-13H2,1-3H3,(H2,31,32,33,34)/t15-,26-/m1/s1. The highest BCUT2D eigenvalue weighted by Crippen LogP contribution is 2.42. The number of pyridine rings is 1. The number of nitrogens with one attached hydrogen (secondary N) is 2. The van der Waals surface area contributed by atoms with Crippen LogP contribution in [-0.2, 0) is 19.4 Å². The van der Waals surface area contributed by atoms with Crippen molar-refractivity contribution in [2.24, 2.45) is 5.41 Å². The van der Waals surface area contributed by atoms with Crippen LogP contribution in [0.15, 0.2) is 24.3 Å². The fourth-order valence-electron chi connectivity index (χ4n) is 5.11. The number of hydrogen-bond donors (Lipinski definition) is 4. The van der Waals surface area contributed by atoms with E-state index in [0.717, 1.165) is 5.69 Å². The molecule has 200 valence electrons. The number of halogens is 4. The van der Waals surface area contributed by atoms with Gasteiger partial charge in [-0.2, -0.15) is 5.10 Å². The van der Waals surface area contributed by atoms with E-state index >= 15 is 8.78 Å².